The SMILES string of the molecule is COCCS(=O)(=O)N1CCc2cc(C)ccc2C1c1cccnc1. The van der Waals surface area contributed by atoms with Crippen LogP contribution in [0.4, 0.5) is 0 Å². The summed E-state index contributed by atoms with van der Waals surface area (Å²) in [5.41, 5.74) is 4.33. The zero-order valence-electron chi connectivity index (χ0n) is 14.0. The van der Waals surface area contributed by atoms with Crippen molar-refractivity contribution in [2.75, 3.05) is 26.0 Å². The van der Waals surface area contributed by atoms with Gasteiger partial charge in [0, 0.05) is 26.0 Å². The predicted octanol–water partition coefficient (Wildman–Crippen LogP) is 2.31. The molecule has 0 fully saturated rings. The maximum absolute atomic E-state index is 12.8. The Labute approximate surface area is 143 Å². The van der Waals surface area contributed by atoms with Gasteiger partial charge >= 0.3 is 0 Å². The molecule has 128 valence electrons. The van der Waals surface area contributed by atoms with Crippen LogP contribution in [0.25, 0.3) is 0 Å². The molecule has 5 nitrogen and oxygen atoms in total. The summed E-state index contributed by atoms with van der Waals surface area (Å²) in [6.45, 7) is 2.72. The van der Waals surface area contributed by atoms with Crippen LogP contribution < -0.4 is 0 Å². The van der Waals surface area contributed by atoms with E-state index >= 15 is 0 Å². The summed E-state index contributed by atoms with van der Waals surface area (Å²) < 4.78 is 32.2. The molecule has 0 N–H and O–H groups in total. The summed E-state index contributed by atoms with van der Waals surface area (Å²) in [7, 11) is -1.90. The highest BCUT2D eigenvalue weighted by Crippen LogP contribution is 2.37. The molecule has 1 atom stereocenters. The second-order valence-electron chi connectivity index (χ2n) is 6.06. The Kier molecular flexibility index (Phi) is 4.99. The van der Waals surface area contributed by atoms with Gasteiger partial charge in [-0.05, 0) is 36.1 Å². The number of nitrogens with zero attached hydrogens (tertiary/aromatic N) is 2. The maximum atomic E-state index is 12.8. The largest absolute Gasteiger partial charge is 0.384 e. The lowest BCUT2D eigenvalue weighted by Crippen LogP contribution is -2.42. The molecule has 0 amide bonds. The molecule has 1 aliphatic rings. The highest BCUT2D eigenvalue weighted by atomic mass is 32.2. The van der Waals surface area contributed by atoms with Gasteiger partial charge in [-0.15, -0.1) is 0 Å². The maximum Gasteiger partial charge on any atom is 0.217 e. The lowest BCUT2D eigenvalue weighted by atomic mass is 9.89. The van der Waals surface area contributed by atoms with E-state index in [0.29, 0.717) is 6.54 Å². The summed E-state index contributed by atoms with van der Waals surface area (Å²) in [5, 5.41) is 0. The number of hydrogen-bond acceptors (Lipinski definition) is 4. The van der Waals surface area contributed by atoms with E-state index in [9.17, 15) is 8.42 Å². The third-order valence-corrected chi connectivity index (χ3v) is 6.18. The molecule has 0 radical (unpaired) electrons. The molecule has 2 heterocycles. The third kappa shape index (κ3) is 3.36. The molecule has 0 saturated carbocycles. The Morgan fingerprint density at radius 3 is 2.88 bits per heavy atom. The van der Waals surface area contributed by atoms with E-state index in [0.717, 1.165) is 17.5 Å². The zero-order valence-corrected chi connectivity index (χ0v) is 14.8. The Morgan fingerprint density at radius 2 is 2.17 bits per heavy atom. The van der Waals surface area contributed by atoms with E-state index in [4.69, 9.17) is 4.74 Å². The van der Waals surface area contributed by atoms with Gasteiger partial charge in [-0.25, -0.2) is 8.42 Å². The van der Waals surface area contributed by atoms with E-state index in [1.165, 1.54) is 18.2 Å². The Balaban J connectivity index is 2.08. The van der Waals surface area contributed by atoms with Crippen LogP contribution in [0.1, 0.15) is 28.3 Å². The Morgan fingerprint density at radius 1 is 1.33 bits per heavy atom. The van der Waals surface area contributed by atoms with Crippen molar-refractivity contribution >= 4 is 10.0 Å². The van der Waals surface area contributed by atoms with Gasteiger partial charge in [-0.1, -0.05) is 29.8 Å². The van der Waals surface area contributed by atoms with Crippen LogP contribution in [0.2, 0.25) is 0 Å². The summed E-state index contributed by atoms with van der Waals surface area (Å²) >= 11 is 0. The molecule has 0 aliphatic carbocycles. The topological polar surface area (TPSA) is 59.5 Å². The number of aromatic nitrogens is 1. The first-order valence-corrected chi connectivity index (χ1v) is 9.61. The molecular weight excluding hydrogens is 324 g/mol. The first-order valence-electron chi connectivity index (χ1n) is 8.01. The lowest BCUT2D eigenvalue weighted by Gasteiger charge is -2.36. The van der Waals surface area contributed by atoms with Crippen LogP contribution in [-0.4, -0.2) is 43.7 Å². The lowest BCUT2D eigenvalue weighted by molar-refractivity contribution is 0.214. The number of rotatable bonds is 5. The quantitative estimate of drug-likeness (QED) is 0.834. The number of sulfonamides is 1. The van der Waals surface area contributed by atoms with Gasteiger partial charge in [0.25, 0.3) is 0 Å². The normalized spacial score (nSPS) is 18.3. The van der Waals surface area contributed by atoms with Crippen molar-refractivity contribution in [3.8, 4) is 0 Å². The predicted molar refractivity (Wildman–Crippen MR) is 93.3 cm³/mol. The summed E-state index contributed by atoms with van der Waals surface area (Å²) in [4.78, 5) is 4.18. The second-order valence-corrected chi connectivity index (χ2v) is 8.10. The molecule has 2 aromatic rings. The summed E-state index contributed by atoms with van der Waals surface area (Å²) in [6, 6.07) is 9.68. The number of hydrogen-bond donors (Lipinski definition) is 0. The fourth-order valence-corrected chi connectivity index (χ4v) is 4.76. The minimum Gasteiger partial charge on any atom is -0.384 e. The monoisotopic (exact) mass is 346 g/mol. The van der Waals surface area contributed by atoms with Crippen LogP contribution in [-0.2, 0) is 21.2 Å². The van der Waals surface area contributed by atoms with Gasteiger partial charge < -0.3 is 4.74 Å². The first kappa shape index (κ1) is 17.1. The number of ether oxygens (including phenoxy) is 1. The van der Waals surface area contributed by atoms with Gasteiger partial charge in [0.2, 0.25) is 10.0 Å². The van der Waals surface area contributed by atoms with Crippen molar-refractivity contribution in [2.45, 2.75) is 19.4 Å². The number of methoxy groups -OCH3 is 1. The van der Waals surface area contributed by atoms with Gasteiger partial charge in [0.05, 0.1) is 18.4 Å². The summed E-state index contributed by atoms with van der Waals surface area (Å²) in [6.07, 6.45) is 4.17. The molecule has 0 spiro atoms. The molecule has 3 rings (SSSR count). The Hall–Kier alpha value is -1.76. The van der Waals surface area contributed by atoms with E-state index in [-0.39, 0.29) is 18.4 Å². The zero-order chi connectivity index (χ0) is 17.2. The molecular formula is C18H22N2O3S. The van der Waals surface area contributed by atoms with Crippen LogP contribution in [0.3, 0.4) is 0 Å². The number of pyridine rings is 1. The summed E-state index contributed by atoms with van der Waals surface area (Å²) in [5.74, 6) is -0.0124. The van der Waals surface area contributed by atoms with Gasteiger partial charge in [0.15, 0.2) is 0 Å². The van der Waals surface area contributed by atoms with Crippen molar-refractivity contribution in [3.05, 3.63) is 65.0 Å². The van der Waals surface area contributed by atoms with E-state index < -0.39 is 10.0 Å². The molecule has 6 heteroatoms. The fourth-order valence-electron chi connectivity index (χ4n) is 3.22. The average Bonchev–Trinajstić information content (AvgIpc) is 2.59. The van der Waals surface area contributed by atoms with Crippen LogP contribution in [0, 0.1) is 6.92 Å². The standard InChI is InChI=1S/C18H22N2O3S/c1-14-5-6-17-15(12-14)7-9-20(24(21,22)11-10-23-2)18(17)16-4-3-8-19-13-16/h3-6,8,12-13,18H,7,9-11H2,1-2H3. The smallest absolute Gasteiger partial charge is 0.217 e. The molecule has 1 aromatic carbocycles. The molecule has 1 aliphatic heterocycles. The van der Waals surface area contributed by atoms with E-state index in [1.807, 2.05) is 24.3 Å². The van der Waals surface area contributed by atoms with Crippen molar-refractivity contribution in [3.63, 3.8) is 0 Å². The number of fused-ring (bicyclic) bond motifs is 1. The molecule has 0 bridgehead atoms. The highest BCUT2D eigenvalue weighted by molar-refractivity contribution is 7.89. The van der Waals surface area contributed by atoms with E-state index in [1.54, 1.807) is 16.7 Å². The molecule has 0 saturated heterocycles. The Bertz CT molecular complexity index is 806. The molecule has 24 heavy (non-hydrogen) atoms. The third-order valence-electron chi connectivity index (χ3n) is 4.39. The van der Waals surface area contributed by atoms with Crippen molar-refractivity contribution in [2.24, 2.45) is 0 Å². The highest BCUT2D eigenvalue weighted by Gasteiger charge is 2.36. The van der Waals surface area contributed by atoms with Crippen molar-refractivity contribution in [1.82, 2.24) is 9.29 Å². The second kappa shape index (κ2) is 7.01. The van der Waals surface area contributed by atoms with E-state index in [2.05, 4.69) is 18.0 Å². The number of aryl methyl sites for hydroxylation is 1. The minimum atomic E-state index is -3.42. The van der Waals surface area contributed by atoms with Crippen LogP contribution in [0.5, 0.6) is 0 Å². The fraction of sp³-hybridized carbons (Fsp3) is 0.389. The van der Waals surface area contributed by atoms with Crippen molar-refractivity contribution < 1.29 is 13.2 Å². The minimum absolute atomic E-state index is 0.0124. The molecule has 1 unspecified atom stereocenters. The first-order chi connectivity index (χ1) is 11.5. The molecule has 1 aromatic heterocycles. The van der Waals surface area contributed by atoms with Crippen LogP contribution >= 0.6 is 0 Å². The number of benzene rings is 1. The van der Waals surface area contributed by atoms with Gasteiger partial charge in [0.1, 0.15) is 0 Å². The van der Waals surface area contributed by atoms with Crippen LogP contribution in [0.15, 0.2) is 42.7 Å². The van der Waals surface area contributed by atoms with Gasteiger partial charge in [-0.3, -0.25) is 4.98 Å². The van der Waals surface area contributed by atoms with Gasteiger partial charge in [-0.2, -0.15) is 4.31 Å². The van der Waals surface area contributed by atoms with Crippen molar-refractivity contribution in [1.29, 1.82) is 0 Å². The average molecular weight is 346 g/mol.